The van der Waals surface area contributed by atoms with Crippen LogP contribution >= 0.6 is 0 Å². The van der Waals surface area contributed by atoms with Gasteiger partial charge in [0.25, 0.3) is 0 Å². The first-order valence-electron chi connectivity index (χ1n) is 7.69. The van der Waals surface area contributed by atoms with Gasteiger partial charge < -0.3 is 4.74 Å². The summed E-state index contributed by atoms with van der Waals surface area (Å²) in [5.74, 6) is 0.542. The Bertz CT molecular complexity index is 834. The SMILES string of the molecule is C=CCCc1ccc(-c2ccc3cc(OC)ccc3c2F)cc1. The third-order valence-corrected chi connectivity index (χ3v) is 4.06. The lowest BCUT2D eigenvalue weighted by Gasteiger charge is -2.09. The van der Waals surface area contributed by atoms with Crippen molar-refractivity contribution in [1.82, 2.24) is 0 Å². The van der Waals surface area contributed by atoms with Gasteiger partial charge in [0.05, 0.1) is 7.11 Å². The van der Waals surface area contributed by atoms with Gasteiger partial charge in [0.2, 0.25) is 0 Å². The van der Waals surface area contributed by atoms with Crippen molar-refractivity contribution in [2.45, 2.75) is 12.8 Å². The van der Waals surface area contributed by atoms with Crippen LogP contribution in [0.3, 0.4) is 0 Å². The van der Waals surface area contributed by atoms with Gasteiger partial charge in [-0.05, 0) is 47.6 Å². The van der Waals surface area contributed by atoms with Gasteiger partial charge in [0.1, 0.15) is 11.6 Å². The molecule has 0 atom stereocenters. The van der Waals surface area contributed by atoms with E-state index in [1.807, 2.05) is 36.4 Å². The smallest absolute Gasteiger partial charge is 0.138 e. The van der Waals surface area contributed by atoms with Crippen molar-refractivity contribution in [2.75, 3.05) is 7.11 Å². The summed E-state index contributed by atoms with van der Waals surface area (Å²) in [6.07, 6.45) is 3.82. The van der Waals surface area contributed by atoms with Crippen LogP contribution in [0.4, 0.5) is 4.39 Å². The van der Waals surface area contributed by atoms with Crippen molar-refractivity contribution in [3.05, 3.63) is 78.6 Å². The van der Waals surface area contributed by atoms with Crippen LogP contribution in [0.2, 0.25) is 0 Å². The third-order valence-electron chi connectivity index (χ3n) is 4.06. The standard InChI is InChI=1S/C21H19FO/c1-3-4-5-15-6-8-16(9-7-15)19-12-10-17-14-18(23-2)11-13-20(17)21(19)22/h3,6-14H,1,4-5H2,2H3. The molecule has 0 saturated carbocycles. The minimum Gasteiger partial charge on any atom is -0.497 e. The van der Waals surface area contributed by atoms with E-state index in [2.05, 4.69) is 18.7 Å². The molecular weight excluding hydrogens is 287 g/mol. The molecule has 0 aromatic heterocycles. The van der Waals surface area contributed by atoms with Gasteiger partial charge in [-0.15, -0.1) is 6.58 Å². The fourth-order valence-corrected chi connectivity index (χ4v) is 2.74. The molecule has 0 radical (unpaired) electrons. The van der Waals surface area contributed by atoms with Crippen LogP contribution in [0, 0.1) is 5.82 Å². The number of fused-ring (bicyclic) bond motifs is 1. The lowest BCUT2D eigenvalue weighted by atomic mass is 9.98. The lowest BCUT2D eigenvalue weighted by Crippen LogP contribution is -1.90. The predicted octanol–water partition coefficient (Wildman–Crippen LogP) is 5.77. The summed E-state index contributed by atoms with van der Waals surface area (Å²) in [5, 5.41) is 1.45. The normalized spacial score (nSPS) is 10.7. The maximum atomic E-state index is 14.8. The van der Waals surface area contributed by atoms with Crippen LogP contribution < -0.4 is 4.74 Å². The molecule has 0 unspecified atom stereocenters. The van der Waals surface area contributed by atoms with E-state index in [4.69, 9.17) is 4.74 Å². The van der Waals surface area contributed by atoms with Crippen LogP contribution in [-0.2, 0) is 6.42 Å². The summed E-state index contributed by atoms with van der Waals surface area (Å²) in [7, 11) is 1.61. The van der Waals surface area contributed by atoms with Crippen LogP contribution in [0.25, 0.3) is 21.9 Å². The highest BCUT2D eigenvalue weighted by molar-refractivity contribution is 5.89. The van der Waals surface area contributed by atoms with Crippen LogP contribution in [-0.4, -0.2) is 7.11 Å². The number of hydrogen-bond acceptors (Lipinski definition) is 1. The Morgan fingerprint density at radius 3 is 2.52 bits per heavy atom. The van der Waals surface area contributed by atoms with Gasteiger partial charge in [-0.3, -0.25) is 0 Å². The average Bonchev–Trinajstić information content (AvgIpc) is 2.60. The highest BCUT2D eigenvalue weighted by Gasteiger charge is 2.10. The molecule has 0 N–H and O–H groups in total. The first kappa shape index (κ1) is 15.3. The molecule has 0 saturated heterocycles. The monoisotopic (exact) mass is 306 g/mol. The Morgan fingerprint density at radius 1 is 1.04 bits per heavy atom. The minimum atomic E-state index is -0.191. The van der Waals surface area contributed by atoms with Crippen molar-refractivity contribution in [2.24, 2.45) is 0 Å². The summed E-state index contributed by atoms with van der Waals surface area (Å²) in [6.45, 7) is 3.74. The van der Waals surface area contributed by atoms with E-state index in [-0.39, 0.29) is 5.82 Å². The molecule has 0 heterocycles. The molecule has 0 aliphatic carbocycles. The van der Waals surface area contributed by atoms with Crippen LogP contribution in [0.15, 0.2) is 67.3 Å². The van der Waals surface area contributed by atoms with Gasteiger partial charge in [-0.1, -0.05) is 42.5 Å². The Labute approximate surface area is 136 Å². The largest absolute Gasteiger partial charge is 0.497 e. The zero-order chi connectivity index (χ0) is 16.2. The lowest BCUT2D eigenvalue weighted by molar-refractivity contribution is 0.415. The average molecular weight is 306 g/mol. The Morgan fingerprint density at radius 2 is 1.83 bits per heavy atom. The second kappa shape index (κ2) is 6.66. The molecule has 3 aromatic rings. The zero-order valence-corrected chi connectivity index (χ0v) is 13.2. The first-order chi connectivity index (χ1) is 11.2. The Kier molecular flexibility index (Phi) is 4.42. The number of methoxy groups -OCH3 is 1. The zero-order valence-electron chi connectivity index (χ0n) is 13.2. The van der Waals surface area contributed by atoms with Crippen molar-refractivity contribution in [3.8, 4) is 16.9 Å². The number of halogens is 1. The highest BCUT2D eigenvalue weighted by atomic mass is 19.1. The minimum absolute atomic E-state index is 0.191. The van der Waals surface area contributed by atoms with Gasteiger partial charge >= 0.3 is 0 Å². The van der Waals surface area contributed by atoms with E-state index >= 15 is 0 Å². The molecule has 3 rings (SSSR count). The topological polar surface area (TPSA) is 9.23 Å². The highest BCUT2D eigenvalue weighted by Crippen LogP contribution is 2.31. The molecule has 0 amide bonds. The number of benzene rings is 3. The van der Waals surface area contributed by atoms with Crippen molar-refractivity contribution >= 4 is 10.8 Å². The molecular formula is C21H19FO. The summed E-state index contributed by atoms with van der Waals surface area (Å²) in [6, 6.07) is 17.2. The second-order valence-corrected chi connectivity index (χ2v) is 5.54. The van der Waals surface area contributed by atoms with Crippen molar-refractivity contribution in [3.63, 3.8) is 0 Å². The molecule has 0 aliphatic heterocycles. The van der Waals surface area contributed by atoms with Crippen molar-refractivity contribution < 1.29 is 9.13 Å². The summed E-state index contributed by atoms with van der Waals surface area (Å²) in [5.41, 5.74) is 2.75. The molecule has 3 aromatic carbocycles. The Hall–Kier alpha value is -2.61. The number of ether oxygens (including phenoxy) is 1. The maximum Gasteiger partial charge on any atom is 0.138 e. The Balaban J connectivity index is 1.99. The number of hydrogen-bond donors (Lipinski definition) is 0. The van der Waals surface area contributed by atoms with Crippen LogP contribution in [0.5, 0.6) is 5.75 Å². The molecule has 2 heteroatoms. The molecule has 0 fully saturated rings. The number of rotatable bonds is 5. The fraction of sp³-hybridized carbons (Fsp3) is 0.143. The molecule has 0 bridgehead atoms. The second-order valence-electron chi connectivity index (χ2n) is 5.54. The third kappa shape index (κ3) is 3.11. The van der Waals surface area contributed by atoms with E-state index in [0.29, 0.717) is 10.9 Å². The van der Waals surface area contributed by atoms with E-state index in [9.17, 15) is 4.39 Å². The molecule has 1 nitrogen and oxygen atoms in total. The quantitative estimate of drug-likeness (QED) is 0.543. The molecule has 116 valence electrons. The first-order valence-corrected chi connectivity index (χ1v) is 7.69. The van der Waals surface area contributed by atoms with E-state index < -0.39 is 0 Å². The fourth-order valence-electron chi connectivity index (χ4n) is 2.74. The predicted molar refractivity (Wildman–Crippen MR) is 94.4 cm³/mol. The summed E-state index contributed by atoms with van der Waals surface area (Å²) < 4.78 is 20.0. The van der Waals surface area contributed by atoms with E-state index in [1.54, 1.807) is 19.2 Å². The molecule has 0 spiro atoms. The van der Waals surface area contributed by atoms with Gasteiger partial charge in [0, 0.05) is 10.9 Å². The van der Waals surface area contributed by atoms with Gasteiger partial charge in [-0.2, -0.15) is 0 Å². The maximum absolute atomic E-state index is 14.8. The van der Waals surface area contributed by atoms with Crippen LogP contribution in [0.1, 0.15) is 12.0 Å². The van der Waals surface area contributed by atoms with E-state index in [0.717, 1.165) is 29.5 Å². The van der Waals surface area contributed by atoms with Crippen molar-refractivity contribution in [1.29, 1.82) is 0 Å². The number of allylic oxidation sites excluding steroid dienone is 1. The van der Waals surface area contributed by atoms with Gasteiger partial charge in [-0.25, -0.2) is 4.39 Å². The molecule has 23 heavy (non-hydrogen) atoms. The summed E-state index contributed by atoms with van der Waals surface area (Å²) in [4.78, 5) is 0. The summed E-state index contributed by atoms with van der Waals surface area (Å²) >= 11 is 0. The van der Waals surface area contributed by atoms with E-state index in [1.165, 1.54) is 5.56 Å². The number of aryl methyl sites for hydroxylation is 1. The molecule has 0 aliphatic rings. The van der Waals surface area contributed by atoms with Gasteiger partial charge in [0.15, 0.2) is 0 Å².